The summed E-state index contributed by atoms with van der Waals surface area (Å²) >= 11 is 0. The fourth-order valence-corrected chi connectivity index (χ4v) is 3.18. The van der Waals surface area contributed by atoms with E-state index in [-0.39, 0.29) is 18.2 Å². The number of carboxylic acid groups (broad SMARTS) is 1. The van der Waals surface area contributed by atoms with Gasteiger partial charge < -0.3 is 10.0 Å². The van der Waals surface area contributed by atoms with E-state index >= 15 is 0 Å². The molecular formula is C19H27NO3. The highest BCUT2D eigenvalue weighted by Crippen LogP contribution is 2.21. The molecule has 2 rings (SSSR count). The van der Waals surface area contributed by atoms with Crippen LogP contribution in [0.15, 0.2) is 24.3 Å². The van der Waals surface area contributed by atoms with Crippen LogP contribution in [0.5, 0.6) is 0 Å². The Hall–Kier alpha value is -1.84. The van der Waals surface area contributed by atoms with E-state index in [9.17, 15) is 9.59 Å². The van der Waals surface area contributed by atoms with Crippen LogP contribution in [0.4, 0.5) is 0 Å². The first-order chi connectivity index (χ1) is 10.9. The summed E-state index contributed by atoms with van der Waals surface area (Å²) < 4.78 is 0. The number of carbonyl (C=O) groups is 2. The lowest BCUT2D eigenvalue weighted by atomic mass is 9.93. The largest absolute Gasteiger partial charge is 0.481 e. The SMILES string of the molecule is CC(C)Cc1ccc(CC(=O)N2CCC(CC(=O)O)CC2)cc1. The van der Waals surface area contributed by atoms with Crippen LogP contribution < -0.4 is 0 Å². The van der Waals surface area contributed by atoms with E-state index in [2.05, 4.69) is 26.0 Å². The zero-order valence-electron chi connectivity index (χ0n) is 14.1. The molecular weight excluding hydrogens is 290 g/mol. The predicted molar refractivity (Wildman–Crippen MR) is 90.2 cm³/mol. The van der Waals surface area contributed by atoms with Crippen molar-refractivity contribution in [1.29, 1.82) is 0 Å². The molecule has 1 N–H and O–H groups in total. The maximum atomic E-state index is 12.4. The molecule has 0 spiro atoms. The number of hydrogen-bond donors (Lipinski definition) is 1. The van der Waals surface area contributed by atoms with Gasteiger partial charge in [-0.3, -0.25) is 9.59 Å². The molecule has 0 aromatic heterocycles. The molecule has 1 aliphatic heterocycles. The van der Waals surface area contributed by atoms with Gasteiger partial charge in [0.2, 0.25) is 5.91 Å². The molecule has 23 heavy (non-hydrogen) atoms. The van der Waals surface area contributed by atoms with Gasteiger partial charge in [-0.05, 0) is 42.2 Å². The number of nitrogens with zero attached hydrogens (tertiary/aromatic N) is 1. The third-order valence-corrected chi connectivity index (χ3v) is 4.45. The van der Waals surface area contributed by atoms with E-state index < -0.39 is 5.97 Å². The molecule has 0 bridgehead atoms. The Morgan fingerprint density at radius 1 is 1.13 bits per heavy atom. The second kappa shape index (κ2) is 8.14. The number of aliphatic carboxylic acids is 1. The predicted octanol–water partition coefficient (Wildman–Crippen LogP) is 3.14. The van der Waals surface area contributed by atoms with Crippen LogP contribution >= 0.6 is 0 Å². The van der Waals surface area contributed by atoms with Crippen molar-refractivity contribution in [3.63, 3.8) is 0 Å². The Morgan fingerprint density at radius 3 is 2.22 bits per heavy atom. The Labute approximate surface area is 138 Å². The van der Waals surface area contributed by atoms with Gasteiger partial charge in [0.15, 0.2) is 0 Å². The lowest BCUT2D eigenvalue weighted by Gasteiger charge is -2.31. The second-order valence-electron chi connectivity index (χ2n) is 7.01. The Balaban J connectivity index is 1.82. The van der Waals surface area contributed by atoms with E-state index in [4.69, 9.17) is 5.11 Å². The lowest BCUT2D eigenvalue weighted by Crippen LogP contribution is -2.39. The molecule has 1 saturated heterocycles. The minimum absolute atomic E-state index is 0.149. The van der Waals surface area contributed by atoms with Gasteiger partial charge in [-0.2, -0.15) is 0 Å². The average molecular weight is 317 g/mol. The molecule has 0 aliphatic carbocycles. The monoisotopic (exact) mass is 317 g/mol. The first-order valence-corrected chi connectivity index (χ1v) is 8.51. The quantitative estimate of drug-likeness (QED) is 0.877. The normalized spacial score (nSPS) is 15.9. The summed E-state index contributed by atoms with van der Waals surface area (Å²) in [6.07, 6.45) is 3.31. The maximum absolute atomic E-state index is 12.4. The highest BCUT2D eigenvalue weighted by molar-refractivity contribution is 5.79. The molecule has 1 aromatic rings. The van der Waals surface area contributed by atoms with Crippen molar-refractivity contribution in [2.75, 3.05) is 13.1 Å². The summed E-state index contributed by atoms with van der Waals surface area (Å²) in [4.78, 5) is 25.0. The van der Waals surface area contributed by atoms with Crippen molar-refractivity contribution < 1.29 is 14.7 Å². The number of amides is 1. The molecule has 0 radical (unpaired) electrons. The molecule has 1 aliphatic rings. The number of hydrogen-bond acceptors (Lipinski definition) is 2. The molecule has 1 aromatic carbocycles. The van der Waals surface area contributed by atoms with Crippen LogP contribution in [0.2, 0.25) is 0 Å². The van der Waals surface area contributed by atoms with Gasteiger partial charge in [0.05, 0.1) is 6.42 Å². The summed E-state index contributed by atoms with van der Waals surface area (Å²) in [6, 6.07) is 8.32. The van der Waals surface area contributed by atoms with Crippen LogP contribution in [-0.4, -0.2) is 35.0 Å². The van der Waals surface area contributed by atoms with Crippen LogP contribution in [0.3, 0.4) is 0 Å². The topological polar surface area (TPSA) is 57.6 Å². The van der Waals surface area contributed by atoms with Crippen molar-refractivity contribution in [1.82, 2.24) is 4.90 Å². The van der Waals surface area contributed by atoms with E-state index in [0.29, 0.717) is 25.4 Å². The summed E-state index contributed by atoms with van der Waals surface area (Å²) in [5, 5.41) is 8.83. The van der Waals surface area contributed by atoms with Crippen LogP contribution in [-0.2, 0) is 22.4 Å². The van der Waals surface area contributed by atoms with Crippen molar-refractivity contribution in [2.24, 2.45) is 11.8 Å². The number of benzene rings is 1. The van der Waals surface area contributed by atoms with Gasteiger partial charge >= 0.3 is 5.97 Å². The zero-order valence-corrected chi connectivity index (χ0v) is 14.1. The van der Waals surface area contributed by atoms with Gasteiger partial charge in [-0.15, -0.1) is 0 Å². The summed E-state index contributed by atoms with van der Waals surface area (Å²) in [7, 11) is 0. The molecule has 126 valence electrons. The molecule has 1 fully saturated rings. The fraction of sp³-hybridized carbons (Fsp3) is 0.579. The van der Waals surface area contributed by atoms with E-state index in [1.165, 1.54) is 5.56 Å². The fourth-order valence-electron chi connectivity index (χ4n) is 3.18. The molecule has 0 unspecified atom stereocenters. The first kappa shape index (κ1) is 17.5. The second-order valence-corrected chi connectivity index (χ2v) is 7.01. The zero-order chi connectivity index (χ0) is 16.8. The van der Waals surface area contributed by atoms with Crippen LogP contribution in [0, 0.1) is 11.8 Å². The van der Waals surface area contributed by atoms with Crippen molar-refractivity contribution >= 4 is 11.9 Å². The number of piperidine rings is 1. The third kappa shape index (κ3) is 5.70. The molecule has 4 nitrogen and oxygen atoms in total. The van der Waals surface area contributed by atoms with Gasteiger partial charge in [0.25, 0.3) is 0 Å². The minimum atomic E-state index is -0.740. The Morgan fingerprint density at radius 2 is 1.70 bits per heavy atom. The number of rotatable bonds is 6. The highest BCUT2D eigenvalue weighted by Gasteiger charge is 2.24. The summed E-state index contributed by atoms with van der Waals surface area (Å²) in [5.41, 5.74) is 2.36. The van der Waals surface area contributed by atoms with Gasteiger partial charge in [0.1, 0.15) is 0 Å². The van der Waals surface area contributed by atoms with Gasteiger partial charge in [-0.25, -0.2) is 0 Å². The van der Waals surface area contributed by atoms with Gasteiger partial charge in [0, 0.05) is 19.5 Å². The molecule has 1 amide bonds. The first-order valence-electron chi connectivity index (χ1n) is 8.51. The van der Waals surface area contributed by atoms with Crippen molar-refractivity contribution in [3.05, 3.63) is 35.4 Å². The summed E-state index contributed by atoms with van der Waals surface area (Å²) in [5.74, 6) is 0.257. The number of likely N-dealkylation sites (tertiary alicyclic amines) is 1. The highest BCUT2D eigenvalue weighted by atomic mass is 16.4. The van der Waals surface area contributed by atoms with Crippen LogP contribution in [0.25, 0.3) is 0 Å². The Bertz CT molecular complexity index is 528. The van der Waals surface area contributed by atoms with Crippen molar-refractivity contribution in [2.45, 2.75) is 46.0 Å². The number of carbonyl (C=O) groups excluding carboxylic acids is 1. The number of carboxylic acids is 1. The van der Waals surface area contributed by atoms with E-state index in [1.54, 1.807) is 0 Å². The maximum Gasteiger partial charge on any atom is 0.303 e. The third-order valence-electron chi connectivity index (χ3n) is 4.45. The molecule has 1 heterocycles. The Kier molecular flexibility index (Phi) is 6.20. The lowest BCUT2D eigenvalue weighted by molar-refractivity contribution is -0.138. The minimum Gasteiger partial charge on any atom is -0.481 e. The van der Waals surface area contributed by atoms with E-state index in [0.717, 1.165) is 24.8 Å². The summed E-state index contributed by atoms with van der Waals surface area (Å²) in [6.45, 7) is 5.77. The van der Waals surface area contributed by atoms with Crippen molar-refractivity contribution in [3.8, 4) is 0 Å². The molecule has 4 heteroatoms. The smallest absolute Gasteiger partial charge is 0.303 e. The van der Waals surface area contributed by atoms with Crippen LogP contribution in [0.1, 0.15) is 44.2 Å². The molecule has 0 atom stereocenters. The van der Waals surface area contributed by atoms with E-state index in [1.807, 2.05) is 17.0 Å². The molecule has 0 saturated carbocycles. The van der Waals surface area contributed by atoms with Gasteiger partial charge in [-0.1, -0.05) is 38.1 Å². The average Bonchev–Trinajstić information content (AvgIpc) is 2.49. The standard InChI is InChI=1S/C19H27NO3/c1-14(2)11-15-3-5-16(6-4-15)12-18(21)20-9-7-17(8-10-20)13-19(22)23/h3-6,14,17H,7-13H2,1-2H3,(H,22,23).